The van der Waals surface area contributed by atoms with Crippen molar-refractivity contribution in [1.82, 2.24) is 9.97 Å². The average Bonchev–Trinajstić information content (AvgIpc) is 2.74. The minimum absolute atomic E-state index is 0.254. The molecule has 0 aliphatic heterocycles. The van der Waals surface area contributed by atoms with Crippen molar-refractivity contribution in [3.8, 4) is 0 Å². The zero-order valence-electron chi connectivity index (χ0n) is 16.5. The van der Waals surface area contributed by atoms with Crippen LogP contribution in [0, 0.1) is 6.92 Å². The Hall–Kier alpha value is -3.74. The van der Waals surface area contributed by atoms with E-state index in [1.807, 2.05) is 42.3 Å². The van der Waals surface area contributed by atoms with Gasteiger partial charge in [0.2, 0.25) is 0 Å². The van der Waals surface area contributed by atoms with Gasteiger partial charge in [0, 0.05) is 24.5 Å². The van der Waals surface area contributed by atoms with E-state index in [9.17, 15) is 9.59 Å². The van der Waals surface area contributed by atoms with E-state index in [0.29, 0.717) is 29.5 Å². The molecule has 1 N–H and O–H groups in total. The number of benzene rings is 2. The van der Waals surface area contributed by atoms with E-state index < -0.39 is 5.97 Å². The molecule has 148 valence electrons. The van der Waals surface area contributed by atoms with Crippen LogP contribution in [-0.4, -0.2) is 35.5 Å². The number of anilines is 3. The minimum atomic E-state index is -0.398. The quantitative estimate of drug-likeness (QED) is 0.641. The molecule has 0 aliphatic carbocycles. The standard InChI is InChI=1S/C22H22N4O3/c1-4-29-22(28)16-10-12-17(13-11-16)25-21(27)19-14-20(24-15(2)23-19)26(3)18-8-6-5-7-9-18/h5-14H,4H2,1-3H3,(H,25,27). The number of hydrogen-bond donors (Lipinski definition) is 1. The van der Waals surface area contributed by atoms with Gasteiger partial charge in [-0.15, -0.1) is 0 Å². The number of amides is 1. The number of ether oxygens (including phenoxy) is 1. The Kier molecular flexibility index (Phi) is 6.19. The Morgan fingerprint density at radius 2 is 1.72 bits per heavy atom. The first-order valence-electron chi connectivity index (χ1n) is 9.21. The molecule has 3 rings (SSSR count). The number of esters is 1. The van der Waals surface area contributed by atoms with Gasteiger partial charge in [-0.1, -0.05) is 18.2 Å². The Balaban J connectivity index is 1.77. The number of rotatable bonds is 6. The SMILES string of the molecule is CCOC(=O)c1ccc(NC(=O)c2cc(N(C)c3ccccc3)nc(C)n2)cc1. The lowest BCUT2D eigenvalue weighted by atomic mass is 10.2. The molecule has 0 aliphatic rings. The van der Waals surface area contributed by atoms with Crippen LogP contribution in [0.1, 0.15) is 33.6 Å². The molecule has 2 aromatic carbocycles. The van der Waals surface area contributed by atoms with Crippen LogP contribution in [0.15, 0.2) is 60.7 Å². The maximum absolute atomic E-state index is 12.7. The third-order valence-electron chi connectivity index (χ3n) is 4.20. The summed E-state index contributed by atoms with van der Waals surface area (Å²) in [7, 11) is 1.88. The summed E-state index contributed by atoms with van der Waals surface area (Å²) in [6.45, 7) is 3.80. The first-order valence-corrected chi connectivity index (χ1v) is 9.21. The predicted octanol–water partition coefficient (Wildman–Crippen LogP) is 3.98. The molecule has 0 saturated carbocycles. The van der Waals surface area contributed by atoms with E-state index in [1.54, 1.807) is 44.2 Å². The first-order chi connectivity index (χ1) is 14.0. The molecule has 0 radical (unpaired) electrons. The molecular weight excluding hydrogens is 368 g/mol. The van der Waals surface area contributed by atoms with Gasteiger partial charge < -0.3 is 15.0 Å². The number of nitrogens with one attached hydrogen (secondary N) is 1. The van der Waals surface area contributed by atoms with Crippen molar-refractivity contribution >= 4 is 29.1 Å². The van der Waals surface area contributed by atoms with Gasteiger partial charge in [0.1, 0.15) is 17.3 Å². The summed E-state index contributed by atoms with van der Waals surface area (Å²) in [5.41, 5.74) is 2.18. The number of hydrogen-bond acceptors (Lipinski definition) is 6. The van der Waals surface area contributed by atoms with Gasteiger partial charge >= 0.3 is 5.97 Å². The summed E-state index contributed by atoms with van der Waals surface area (Å²) in [5, 5.41) is 2.79. The van der Waals surface area contributed by atoms with Crippen LogP contribution in [-0.2, 0) is 4.74 Å². The molecule has 29 heavy (non-hydrogen) atoms. The van der Waals surface area contributed by atoms with E-state index in [2.05, 4.69) is 15.3 Å². The smallest absolute Gasteiger partial charge is 0.338 e. The Labute approximate surface area is 169 Å². The van der Waals surface area contributed by atoms with E-state index in [1.165, 1.54) is 0 Å². The zero-order chi connectivity index (χ0) is 20.8. The molecule has 0 saturated heterocycles. The maximum Gasteiger partial charge on any atom is 0.338 e. The van der Waals surface area contributed by atoms with Crippen LogP contribution in [0.3, 0.4) is 0 Å². The fraction of sp³-hybridized carbons (Fsp3) is 0.182. The van der Waals surface area contributed by atoms with Gasteiger partial charge in [-0.25, -0.2) is 14.8 Å². The number of nitrogens with zero attached hydrogens (tertiary/aromatic N) is 3. The number of carbonyl (C=O) groups excluding carboxylic acids is 2. The normalized spacial score (nSPS) is 10.3. The van der Waals surface area contributed by atoms with Crippen molar-refractivity contribution < 1.29 is 14.3 Å². The second kappa shape index (κ2) is 8.97. The largest absolute Gasteiger partial charge is 0.462 e. The summed E-state index contributed by atoms with van der Waals surface area (Å²) >= 11 is 0. The van der Waals surface area contributed by atoms with Crippen molar-refractivity contribution in [3.63, 3.8) is 0 Å². The molecule has 0 spiro atoms. The fourth-order valence-electron chi connectivity index (χ4n) is 2.72. The van der Waals surface area contributed by atoms with E-state index in [4.69, 9.17) is 4.74 Å². The highest BCUT2D eigenvalue weighted by atomic mass is 16.5. The van der Waals surface area contributed by atoms with E-state index in [-0.39, 0.29) is 11.6 Å². The van der Waals surface area contributed by atoms with Crippen molar-refractivity contribution in [2.45, 2.75) is 13.8 Å². The molecule has 0 bridgehead atoms. The minimum Gasteiger partial charge on any atom is -0.462 e. The van der Waals surface area contributed by atoms with Gasteiger partial charge in [-0.2, -0.15) is 0 Å². The molecule has 0 atom stereocenters. The van der Waals surface area contributed by atoms with Crippen molar-refractivity contribution in [1.29, 1.82) is 0 Å². The van der Waals surface area contributed by atoms with E-state index in [0.717, 1.165) is 5.69 Å². The molecule has 7 nitrogen and oxygen atoms in total. The average molecular weight is 390 g/mol. The highest BCUT2D eigenvalue weighted by Gasteiger charge is 2.14. The van der Waals surface area contributed by atoms with Gasteiger partial charge in [-0.05, 0) is 50.2 Å². The van der Waals surface area contributed by atoms with Gasteiger partial charge in [-0.3, -0.25) is 4.79 Å². The monoisotopic (exact) mass is 390 g/mol. The topological polar surface area (TPSA) is 84.4 Å². The number of para-hydroxylation sites is 1. The molecule has 3 aromatic rings. The highest BCUT2D eigenvalue weighted by molar-refractivity contribution is 6.03. The Morgan fingerprint density at radius 3 is 2.38 bits per heavy atom. The summed E-state index contributed by atoms with van der Waals surface area (Å²) < 4.78 is 4.96. The van der Waals surface area contributed by atoms with Gasteiger partial charge in [0.25, 0.3) is 5.91 Å². The second-order valence-electron chi connectivity index (χ2n) is 6.31. The molecule has 0 unspecified atom stereocenters. The number of aromatic nitrogens is 2. The van der Waals surface area contributed by atoms with E-state index >= 15 is 0 Å². The van der Waals surface area contributed by atoms with Crippen LogP contribution in [0.2, 0.25) is 0 Å². The van der Waals surface area contributed by atoms with Crippen LogP contribution in [0.4, 0.5) is 17.2 Å². The van der Waals surface area contributed by atoms with Gasteiger partial charge in [0.15, 0.2) is 0 Å². The van der Waals surface area contributed by atoms with Crippen LogP contribution >= 0.6 is 0 Å². The first kappa shape index (κ1) is 20.0. The Morgan fingerprint density at radius 1 is 1.03 bits per heavy atom. The van der Waals surface area contributed by atoms with Crippen LogP contribution in [0.25, 0.3) is 0 Å². The van der Waals surface area contributed by atoms with Crippen molar-refractivity contribution in [2.24, 2.45) is 0 Å². The third kappa shape index (κ3) is 4.95. The summed E-state index contributed by atoms with van der Waals surface area (Å²) in [5.74, 6) is 0.354. The van der Waals surface area contributed by atoms with Crippen molar-refractivity contribution in [2.75, 3.05) is 23.9 Å². The molecule has 1 aromatic heterocycles. The fourth-order valence-corrected chi connectivity index (χ4v) is 2.72. The van der Waals surface area contributed by atoms with Crippen LogP contribution in [0.5, 0.6) is 0 Å². The molecule has 1 amide bonds. The second-order valence-corrected chi connectivity index (χ2v) is 6.31. The summed E-state index contributed by atoms with van der Waals surface area (Å²) in [6.07, 6.45) is 0. The van der Waals surface area contributed by atoms with Gasteiger partial charge in [0.05, 0.1) is 12.2 Å². The number of aryl methyl sites for hydroxylation is 1. The molecule has 7 heteroatoms. The number of carbonyl (C=O) groups is 2. The molecule has 0 fully saturated rings. The third-order valence-corrected chi connectivity index (χ3v) is 4.20. The van der Waals surface area contributed by atoms with Crippen LogP contribution < -0.4 is 10.2 Å². The summed E-state index contributed by atoms with van der Waals surface area (Å²) in [4.78, 5) is 35.0. The lowest BCUT2D eigenvalue weighted by Gasteiger charge is -2.19. The zero-order valence-corrected chi connectivity index (χ0v) is 16.5. The predicted molar refractivity (Wildman–Crippen MR) is 112 cm³/mol. The van der Waals surface area contributed by atoms with Crippen molar-refractivity contribution in [3.05, 3.63) is 77.7 Å². The maximum atomic E-state index is 12.7. The lowest BCUT2D eigenvalue weighted by molar-refractivity contribution is 0.0526. The molecular formula is C22H22N4O3. The Bertz CT molecular complexity index is 1000. The summed E-state index contributed by atoms with van der Waals surface area (Å²) in [6, 6.07) is 17.9. The highest BCUT2D eigenvalue weighted by Crippen LogP contribution is 2.22. The molecule has 1 heterocycles. The lowest BCUT2D eigenvalue weighted by Crippen LogP contribution is -2.18.